The summed E-state index contributed by atoms with van der Waals surface area (Å²) >= 11 is 0. The topological polar surface area (TPSA) is 149 Å². The highest BCUT2D eigenvalue weighted by Gasteiger charge is 2.39. The SMILES string of the molecule is Cc1ccc(N2C(=O)c3ccc(Oc4ccc(C(C)(C)c5ccc(Oc6ccc7c(c6)C(=O)N(c6ccc(Oc8ccc(C(C)(C)c9ccc(Oc%10ccc(N%11C(=O)C=CC%11=O)cc%10)cc9)cc8)cc6)C7=O)cc5)cc4)cc3C2=O)cc1. The molecule has 3 heterocycles. The van der Waals surface area contributed by atoms with Crippen molar-refractivity contribution >= 4 is 52.5 Å². The fourth-order valence-corrected chi connectivity index (χ4v) is 10.3. The van der Waals surface area contributed by atoms with Crippen molar-refractivity contribution in [3.8, 4) is 46.0 Å². The third-order valence-corrected chi connectivity index (χ3v) is 15.3. The van der Waals surface area contributed by atoms with Gasteiger partial charge in [0.25, 0.3) is 35.4 Å². The van der Waals surface area contributed by atoms with Gasteiger partial charge in [0.05, 0.1) is 39.3 Å². The van der Waals surface area contributed by atoms with Crippen LogP contribution in [0.15, 0.2) is 218 Å². The van der Waals surface area contributed by atoms with Crippen LogP contribution < -0.4 is 33.6 Å². The maximum Gasteiger partial charge on any atom is 0.266 e. The fourth-order valence-electron chi connectivity index (χ4n) is 10.3. The first-order valence-electron chi connectivity index (χ1n) is 26.5. The number of hydrogen-bond donors (Lipinski definition) is 0. The summed E-state index contributed by atoms with van der Waals surface area (Å²) in [5.74, 6) is 1.91. The van der Waals surface area contributed by atoms with E-state index in [0.29, 0.717) is 74.2 Å². The number of anilines is 3. The number of ether oxygens (including phenoxy) is 4. The molecule has 0 N–H and O–H groups in total. The van der Waals surface area contributed by atoms with Gasteiger partial charge in [0.15, 0.2) is 0 Å². The minimum atomic E-state index is -0.461. The van der Waals surface area contributed by atoms with Gasteiger partial charge in [-0.15, -0.1) is 0 Å². The molecule has 0 unspecified atom stereocenters. The molecule has 0 bridgehead atoms. The summed E-state index contributed by atoms with van der Waals surface area (Å²) in [6.45, 7) is 10.5. The van der Waals surface area contributed by atoms with Crippen LogP contribution in [0.4, 0.5) is 17.1 Å². The van der Waals surface area contributed by atoms with Crippen LogP contribution in [0.25, 0.3) is 0 Å². The van der Waals surface area contributed by atoms with Crippen LogP contribution in [0.5, 0.6) is 46.0 Å². The molecular formula is C69H51N3O10. The number of benzene rings is 9. The molecule has 0 saturated carbocycles. The highest BCUT2D eigenvalue weighted by Crippen LogP contribution is 2.40. The first kappa shape index (κ1) is 52.1. The molecule has 6 amide bonds. The van der Waals surface area contributed by atoms with Gasteiger partial charge < -0.3 is 18.9 Å². The molecule has 0 aliphatic carbocycles. The zero-order valence-corrected chi connectivity index (χ0v) is 45.2. The predicted molar refractivity (Wildman–Crippen MR) is 311 cm³/mol. The van der Waals surface area contributed by atoms with Gasteiger partial charge in [-0.25, -0.2) is 14.7 Å². The van der Waals surface area contributed by atoms with Crippen LogP contribution in [0.1, 0.15) is 96.9 Å². The number of fused-ring (bicyclic) bond motifs is 2. The first-order valence-corrected chi connectivity index (χ1v) is 26.5. The summed E-state index contributed by atoms with van der Waals surface area (Å²) in [6, 6.07) is 61.8. The van der Waals surface area contributed by atoms with E-state index in [1.54, 1.807) is 97.1 Å². The minimum absolute atomic E-state index is 0.238. The zero-order chi connectivity index (χ0) is 57.0. The van der Waals surface area contributed by atoms with Crippen LogP contribution in [-0.2, 0) is 20.4 Å². The van der Waals surface area contributed by atoms with Crippen LogP contribution in [0.3, 0.4) is 0 Å². The molecule has 3 aliphatic rings. The predicted octanol–water partition coefficient (Wildman–Crippen LogP) is 14.8. The Morgan fingerprint density at radius 2 is 0.524 bits per heavy atom. The molecule has 12 rings (SSSR count). The molecule has 0 spiro atoms. The molecule has 0 saturated heterocycles. The van der Waals surface area contributed by atoms with E-state index in [0.717, 1.165) is 37.6 Å². The molecule has 9 aromatic rings. The van der Waals surface area contributed by atoms with Crippen LogP contribution >= 0.6 is 0 Å². The van der Waals surface area contributed by atoms with E-state index < -0.39 is 23.1 Å². The molecule has 13 heteroatoms. The largest absolute Gasteiger partial charge is 0.457 e. The van der Waals surface area contributed by atoms with E-state index >= 15 is 0 Å². The molecule has 0 aromatic heterocycles. The maximum absolute atomic E-state index is 13.8. The maximum atomic E-state index is 13.8. The highest BCUT2D eigenvalue weighted by molar-refractivity contribution is 6.35. The van der Waals surface area contributed by atoms with E-state index in [1.165, 1.54) is 17.1 Å². The van der Waals surface area contributed by atoms with Crippen molar-refractivity contribution in [1.29, 1.82) is 0 Å². The summed E-state index contributed by atoms with van der Waals surface area (Å²) in [5.41, 5.74) is 6.98. The molecule has 402 valence electrons. The van der Waals surface area contributed by atoms with E-state index in [4.69, 9.17) is 18.9 Å². The molecule has 9 aromatic carbocycles. The quantitative estimate of drug-likeness (QED) is 0.0908. The number of rotatable bonds is 15. The summed E-state index contributed by atoms with van der Waals surface area (Å²) in [7, 11) is 0. The van der Waals surface area contributed by atoms with Crippen molar-refractivity contribution < 1.29 is 47.7 Å². The second-order valence-corrected chi connectivity index (χ2v) is 21.2. The van der Waals surface area contributed by atoms with Crippen molar-refractivity contribution in [1.82, 2.24) is 0 Å². The lowest BCUT2D eigenvalue weighted by atomic mass is 9.78. The van der Waals surface area contributed by atoms with Gasteiger partial charge >= 0.3 is 0 Å². The van der Waals surface area contributed by atoms with Crippen LogP contribution in [-0.4, -0.2) is 35.4 Å². The summed E-state index contributed by atoms with van der Waals surface area (Å²) < 4.78 is 24.6. The van der Waals surface area contributed by atoms with Gasteiger partial charge in [-0.3, -0.25) is 28.8 Å². The molecule has 0 atom stereocenters. The third kappa shape index (κ3) is 9.74. The second kappa shape index (κ2) is 20.5. The number of hydrogen-bond acceptors (Lipinski definition) is 10. The normalized spacial score (nSPS) is 13.9. The minimum Gasteiger partial charge on any atom is -0.457 e. The van der Waals surface area contributed by atoms with Crippen LogP contribution in [0.2, 0.25) is 0 Å². The molecular weight excluding hydrogens is 1030 g/mol. The van der Waals surface area contributed by atoms with Crippen molar-refractivity contribution in [3.63, 3.8) is 0 Å². The summed E-state index contributed by atoms with van der Waals surface area (Å²) in [4.78, 5) is 81.6. The number of nitrogens with zero attached hydrogens (tertiary/aromatic N) is 3. The van der Waals surface area contributed by atoms with Gasteiger partial charge in [0.1, 0.15) is 46.0 Å². The molecule has 0 fully saturated rings. The Kier molecular flexibility index (Phi) is 13.0. The number of amides is 6. The smallest absolute Gasteiger partial charge is 0.266 e. The number of aryl methyl sites for hydroxylation is 1. The van der Waals surface area contributed by atoms with Gasteiger partial charge in [0.2, 0.25) is 0 Å². The first-order chi connectivity index (χ1) is 39.5. The van der Waals surface area contributed by atoms with E-state index in [9.17, 15) is 28.8 Å². The molecule has 3 aliphatic heterocycles. The van der Waals surface area contributed by atoms with Crippen molar-refractivity contribution in [2.24, 2.45) is 0 Å². The zero-order valence-electron chi connectivity index (χ0n) is 45.2. The Labute approximate surface area is 472 Å². The van der Waals surface area contributed by atoms with E-state index in [2.05, 4.69) is 27.7 Å². The average molecular weight is 1080 g/mol. The van der Waals surface area contributed by atoms with E-state index in [1.807, 2.05) is 116 Å². The van der Waals surface area contributed by atoms with Crippen molar-refractivity contribution in [2.45, 2.75) is 45.4 Å². The standard InChI is InChI=1S/C69H51N3O10/c1-42-6-16-48(17-7-42)71-64(75)58-36-34-56(40-60(58)66(71)77)81-52-26-12-45(13-27-52)69(4,5)46-14-28-53(29-15-46)82-57-35-37-59-61(41-57)67(78)72(65(59)76)49-20-32-55(33-21-49)80-51-24-10-44(11-25-51)68(2,3)43-8-22-50(23-9-43)79-54-30-18-47(19-31-54)70-62(73)38-39-63(70)74/h6-41H,1-5H3. The van der Waals surface area contributed by atoms with Gasteiger partial charge in [-0.05, 0) is 175 Å². The number of imide groups is 3. The lowest BCUT2D eigenvalue weighted by Crippen LogP contribution is -2.29. The lowest BCUT2D eigenvalue weighted by Gasteiger charge is -2.26. The summed E-state index contributed by atoms with van der Waals surface area (Å²) in [6.07, 6.45) is 2.50. The lowest BCUT2D eigenvalue weighted by molar-refractivity contribution is -0.120. The number of carbonyl (C=O) groups excluding carboxylic acids is 6. The molecule has 0 radical (unpaired) electrons. The monoisotopic (exact) mass is 1080 g/mol. The van der Waals surface area contributed by atoms with Gasteiger partial charge in [-0.1, -0.05) is 93.9 Å². The van der Waals surface area contributed by atoms with Gasteiger partial charge in [-0.2, -0.15) is 0 Å². The molecule has 13 nitrogen and oxygen atoms in total. The Hall–Kier alpha value is -10.7. The molecule has 82 heavy (non-hydrogen) atoms. The van der Waals surface area contributed by atoms with Crippen molar-refractivity contribution in [3.05, 3.63) is 268 Å². The van der Waals surface area contributed by atoms with E-state index in [-0.39, 0.29) is 34.3 Å². The Balaban J connectivity index is 0.638. The highest BCUT2D eigenvalue weighted by atomic mass is 16.5. The Morgan fingerprint density at radius 1 is 0.280 bits per heavy atom. The summed E-state index contributed by atoms with van der Waals surface area (Å²) in [5, 5.41) is 0. The number of carbonyl (C=O) groups is 6. The Morgan fingerprint density at radius 3 is 0.841 bits per heavy atom. The second-order valence-electron chi connectivity index (χ2n) is 21.2. The van der Waals surface area contributed by atoms with Gasteiger partial charge in [0, 0.05) is 23.0 Å². The Bertz CT molecular complexity index is 4060. The van der Waals surface area contributed by atoms with Crippen molar-refractivity contribution in [2.75, 3.05) is 14.7 Å². The average Bonchev–Trinajstić information content (AvgIpc) is 4.02. The van der Waals surface area contributed by atoms with Crippen LogP contribution in [0, 0.1) is 6.92 Å². The fraction of sp³-hybridized carbons (Fsp3) is 0.101. The third-order valence-electron chi connectivity index (χ3n) is 15.3.